The number of nitrogens with zero attached hydrogens (tertiary/aromatic N) is 1. The average molecular weight is 301 g/mol. The molecule has 1 fully saturated rings. The number of carbonyl (C=O) groups is 3. The Morgan fingerprint density at radius 1 is 1.38 bits per heavy atom. The number of likely N-dealkylation sites (tertiary alicyclic amines) is 1. The van der Waals surface area contributed by atoms with E-state index < -0.39 is 42.5 Å². The van der Waals surface area contributed by atoms with Gasteiger partial charge >= 0.3 is 5.97 Å². The zero-order chi connectivity index (χ0) is 16.2. The maximum Gasteiger partial charge on any atom is 0.326 e. The summed E-state index contributed by atoms with van der Waals surface area (Å²) in [4.78, 5) is 36.7. The number of aliphatic carboxylic acids is 1. The summed E-state index contributed by atoms with van der Waals surface area (Å²) in [5.41, 5.74) is 5.41. The number of rotatable bonds is 6. The number of aliphatic hydroxyl groups excluding tert-OH is 1. The van der Waals surface area contributed by atoms with Crippen molar-refractivity contribution in [2.24, 2.45) is 11.7 Å². The number of nitrogens with one attached hydrogen (secondary N) is 1. The second kappa shape index (κ2) is 7.37. The van der Waals surface area contributed by atoms with E-state index in [2.05, 4.69) is 5.32 Å². The molecule has 21 heavy (non-hydrogen) atoms. The quantitative estimate of drug-likeness (QED) is 0.473. The van der Waals surface area contributed by atoms with Crippen LogP contribution in [0.3, 0.4) is 0 Å². The van der Waals surface area contributed by atoms with E-state index in [0.29, 0.717) is 19.4 Å². The SMILES string of the molecule is CC(C)[C@H](NC(=O)[C@@H](N)CO)C(=O)N1CCC[C@H]1C(=O)O. The van der Waals surface area contributed by atoms with Gasteiger partial charge in [0.05, 0.1) is 6.61 Å². The predicted molar refractivity (Wildman–Crippen MR) is 74.2 cm³/mol. The normalized spacial score (nSPS) is 21.2. The van der Waals surface area contributed by atoms with E-state index in [1.54, 1.807) is 13.8 Å². The van der Waals surface area contributed by atoms with Crippen molar-refractivity contribution in [3.8, 4) is 0 Å². The second-order valence-electron chi connectivity index (χ2n) is 5.55. The van der Waals surface area contributed by atoms with Crippen LogP contribution in [0.4, 0.5) is 0 Å². The van der Waals surface area contributed by atoms with E-state index in [0.717, 1.165) is 0 Å². The summed E-state index contributed by atoms with van der Waals surface area (Å²) in [7, 11) is 0. The second-order valence-corrected chi connectivity index (χ2v) is 5.55. The van der Waals surface area contributed by atoms with Gasteiger partial charge < -0.3 is 26.2 Å². The van der Waals surface area contributed by atoms with E-state index in [1.165, 1.54) is 4.90 Å². The highest BCUT2D eigenvalue weighted by Gasteiger charge is 2.38. The molecular weight excluding hydrogens is 278 g/mol. The third-order valence-electron chi connectivity index (χ3n) is 3.58. The molecule has 0 spiro atoms. The number of aliphatic hydroxyl groups is 1. The third-order valence-corrected chi connectivity index (χ3v) is 3.58. The molecule has 120 valence electrons. The van der Waals surface area contributed by atoms with Crippen LogP contribution in [-0.2, 0) is 14.4 Å². The standard InChI is InChI=1S/C13H23N3O5/c1-7(2)10(15-11(18)8(14)6-17)12(19)16-5-3-4-9(16)13(20)21/h7-10,17H,3-6,14H2,1-2H3,(H,15,18)(H,20,21)/t8-,9-,10-/m0/s1. The molecule has 1 aliphatic heterocycles. The van der Waals surface area contributed by atoms with Crippen LogP contribution in [0.2, 0.25) is 0 Å². The van der Waals surface area contributed by atoms with Gasteiger partial charge in [-0.05, 0) is 18.8 Å². The lowest BCUT2D eigenvalue weighted by molar-refractivity contribution is -0.150. The van der Waals surface area contributed by atoms with Crippen molar-refractivity contribution in [2.45, 2.75) is 44.8 Å². The van der Waals surface area contributed by atoms with Gasteiger partial charge in [0.25, 0.3) is 0 Å². The molecule has 1 rings (SSSR count). The molecule has 0 saturated carbocycles. The van der Waals surface area contributed by atoms with Crippen molar-refractivity contribution in [1.29, 1.82) is 0 Å². The monoisotopic (exact) mass is 301 g/mol. The first kappa shape index (κ1) is 17.4. The largest absolute Gasteiger partial charge is 0.480 e. The molecule has 1 aliphatic rings. The van der Waals surface area contributed by atoms with E-state index >= 15 is 0 Å². The highest BCUT2D eigenvalue weighted by molar-refractivity contribution is 5.92. The van der Waals surface area contributed by atoms with Crippen LogP contribution < -0.4 is 11.1 Å². The topological polar surface area (TPSA) is 133 Å². The Hall–Kier alpha value is -1.67. The van der Waals surface area contributed by atoms with Crippen LogP contribution in [0.15, 0.2) is 0 Å². The van der Waals surface area contributed by atoms with Crippen molar-refractivity contribution >= 4 is 17.8 Å². The maximum atomic E-state index is 12.5. The van der Waals surface area contributed by atoms with Crippen molar-refractivity contribution in [3.05, 3.63) is 0 Å². The van der Waals surface area contributed by atoms with Gasteiger partial charge in [-0.3, -0.25) is 9.59 Å². The van der Waals surface area contributed by atoms with Crippen molar-refractivity contribution in [2.75, 3.05) is 13.2 Å². The lowest BCUT2D eigenvalue weighted by Gasteiger charge is -2.29. The smallest absolute Gasteiger partial charge is 0.326 e. The van der Waals surface area contributed by atoms with Gasteiger partial charge in [0.2, 0.25) is 11.8 Å². The lowest BCUT2D eigenvalue weighted by atomic mass is 10.0. The van der Waals surface area contributed by atoms with E-state index in [4.69, 9.17) is 15.9 Å². The van der Waals surface area contributed by atoms with E-state index in [9.17, 15) is 14.4 Å². The molecule has 0 aromatic carbocycles. The Balaban J connectivity index is 2.83. The molecule has 8 heteroatoms. The Bertz CT molecular complexity index is 413. The molecule has 3 atom stereocenters. The third kappa shape index (κ3) is 4.15. The highest BCUT2D eigenvalue weighted by Crippen LogP contribution is 2.20. The summed E-state index contributed by atoms with van der Waals surface area (Å²) in [5.74, 6) is -2.31. The summed E-state index contributed by atoms with van der Waals surface area (Å²) >= 11 is 0. The summed E-state index contributed by atoms with van der Waals surface area (Å²) < 4.78 is 0. The molecule has 0 aliphatic carbocycles. The van der Waals surface area contributed by atoms with Crippen molar-refractivity contribution < 1.29 is 24.6 Å². The molecule has 1 saturated heterocycles. The van der Waals surface area contributed by atoms with Gasteiger partial charge in [-0.25, -0.2) is 4.79 Å². The molecule has 0 aromatic rings. The van der Waals surface area contributed by atoms with Crippen LogP contribution in [0.25, 0.3) is 0 Å². The first-order valence-electron chi connectivity index (χ1n) is 6.99. The minimum absolute atomic E-state index is 0.220. The van der Waals surface area contributed by atoms with Gasteiger partial charge in [-0.2, -0.15) is 0 Å². The van der Waals surface area contributed by atoms with Crippen molar-refractivity contribution in [1.82, 2.24) is 10.2 Å². The first-order chi connectivity index (χ1) is 9.79. The molecule has 0 unspecified atom stereocenters. The number of nitrogens with two attached hydrogens (primary N) is 1. The number of carbonyl (C=O) groups excluding carboxylic acids is 2. The molecule has 2 amide bonds. The van der Waals surface area contributed by atoms with Crippen LogP contribution >= 0.6 is 0 Å². The van der Waals surface area contributed by atoms with Crippen LogP contribution in [-0.4, -0.2) is 64.2 Å². The highest BCUT2D eigenvalue weighted by atomic mass is 16.4. The van der Waals surface area contributed by atoms with Gasteiger partial charge in [0, 0.05) is 6.54 Å². The fourth-order valence-corrected chi connectivity index (χ4v) is 2.32. The molecule has 0 bridgehead atoms. The summed E-state index contributed by atoms with van der Waals surface area (Å²) in [6, 6.07) is -2.80. The van der Waals surface area contributed by atoms with E-state index in [1.807, 2.05) is 0 Å². The number of amides is 2. The summed E-state index contributed by atoms with van der Waals surface area (Å²) in [6.07, 6.45) is 1.04. The zero-order valence-electron chi connectivity index (χ0n) is 12.3. The number of hydrogen-bond acceptors (Lipinski definition) is 5. The maximum absolute atomic E-state index is 12.5. The minimum Gasteiger partial charge on any atom is -0.480 e. The van der Waals surface area contributed by atoms with Crippen LogP contribution in [0.1, 0.15) is 26.7 Å². The fourth-order valence-electron chi connectivity index (χ4n) is 2.32. The van der Waals surface area contributed by atoms with Gasteiger partial charge in [0.15, 0.2) is 0 Å². The Labute approximate surface area is 123 Å². The molecule has 5 N–H and O–H groups in total. The number of carboxylic acid groups (broad SMARTS) is 1. The van der Waals surface area contributed by atoms with Crippen LogP contribution in [0, 0.1) is 5.92 Å². The van der Waals surface area contributed by atoms with Crippen molar-refractivity contribution in [3.63, 3.8) is 0 Å². The summed E-state index contributed by atoms with van der Waals surface area (Å²) in [5, 5.41) is 20.5. The zero-order valence-corrected chi connectivity index (χ0v) is 12.3. The fraction of sp³-hybridized carbons (Fsp3) is 0.769. The molecule has 0 radical (unpaired) electrons. The minimum atomic E-state index is -1.10. The average Bonchev–Trinajstić information content (AvgIpc) is 2.91. The Kier molecular flexibility index (Phi) is 6.10. The Morgan fingerprint density at radius 3 is 2.48 bits per heavy atom. The van der Waals surface area contributed by atoms with Gasteiger partial charge in [-0.15, -0.1) is 0 Å². The Morgan fingerprint density at radius 2 is 2.00 bits per heavy atom. The first-order valence-corrected chi connectivity index (χ1v) is 6.99. The molecule has 0 aromatic heterocycles. The van der Waals surface area contributed by atoms with E-state index in [-0.39, 0.29) is 5.92 Å². The summed E-state index contributed by atoms with van der Waals surface area (Å²) in [6.45, 7) is 3.34. The van der Waals surface area contributed by atoms with Gasteiger partial charge in [0.1, 0.15) is 18.1 Å². The van der Waals surface area contributed by atoms with Gasteiger partial charge in [-0.1, -0.05) is 13.8 Å². The molecular formula is C13H23N3O5. The molecule has 8 nitrogen and oxygen atoms in total. The lowest BCUT2D eigenvalue weighted by Crippen LogP contribution is -2.56. The number of hydrogen-bond donors (Lipinski definition) is 4. The predicted octanol–water partition coefficient (Wildman–Crippen LogP) is -1.48. The number of carboxylic acids is 1. The van der Waals surface area contributed by atoms with Crippen LogP contribution in [0.5, 0.6) is 0 Å². The molecule has 1 heterocycles.